The molecule has 0 radical (unpaired) electrons. The monoisotopic (exact) mass is 502 g/mol. The van der Waals surface area contributed by atoms with E-state index in [1.54, 1.807) is 37.3 Å². The maximum Gasteiger partial charge on any atom is 0.271 e. The van der Waals surface area contributed by atoms with Gasteiger partial charge in [-0.05, 0) is 42.8 Å². The van der Waals surface area contributed by atoms with Crippen LogP contribution in [0.15, 0.2) is 66.2 Å². The number of non-ortho nitro benzene ring substituents is 1. The van der Waals surface area contributed by atoms with Crippen LogP contribution in [0.4, 0.5) is 11.4 Å². The van der Waals surface area contributed by atoms with Gasteiger partial charge in [0.1, 0.15) is 18.2 Å². The lowest BCUT2D eigenvalue weighted by Crippen LogP contribution is -2.13. The first-order valence-corrected chi connectivity index (χ1v) is 11.0. The highest BCUT2D eigenvalue weighted by molar-refractivity contribution is 6.32. The van der Waals surface area contributed by atoms with Crippen molar-refractivity contribution >= 4 is 35.0 Å². The first kappa shape index (κ1) is 25.8. The summed E-state index contributed by atoms with van der Waals surface area (Å²) in [7, 11) is 0. The number of nitro groups is 1. The quantitative estimate of drug-likeness (QED) is 0.173. The minimum atomic E-state index is -0.750. The van der Waals surface area contributed by atoms with Crippen LogP contribution in [0.3, 0.4) is 0 Å². The van der Waals surface area contributed by atoms with Crippen molar-refractivity contribution in [2.24, 2.45) is 0 Å². The molecule has 0 unspecified atom stereocenters. The Morgan fingerprint density at radius 3 is 2.61 bits per heavy atom. The van der Waals surface area contributed by atoms with Crippen LogP contribution in [-0.2, 0) is 11.4 Å². The zero-order chi connectivity index (χ0) is 26.1. The molecular weight excluding hydrogens is 484 g/mol. The molecule has 36 heavy (non-hydrogen) atoms. The molecular formula is C26H19ClN4O5. The van der Waals surface area contributed by atoms with E-state index >= 15 is 0 Å². The topological polar surface area (TPSA) is 138 Å². The highest BCUT2D eigenvalue weighted by Crippen LogP contribution is 2.38. The van der Waals surface area contributed by atoms with Gasteiger partial charge in [0.05, 0.1) is 28.2 Å². The molecule has 0 aliphatic carbocycles. The number of carbonyl (C=O) groups excluding carboxylic acids is 1. The highest BCUT2D eigenvalue weighted by Gasteiger charge is 2.16. The third-order valence-corrected chi connectivity index (χ3v) is 5.11. The van der Waals surface area contributed by atoms with Crippen molar-refractivity contribution in [2.45, 2.75) is 13.5 Å². The van der Waals surface area contributed by atoms with E-state index in [9.17, 15) is 25.4 Å². The fourth-order valence-corrected chi connectivity index (χ4v) is 3.46. The molecule has 10 heteroatoms. The summed E-state index contributed by atoms with van der Waals surface area (Å²) in [6.07, 6.45) is 1.32. The first-order chi connectivity index (χ1) is 17.4. The number of nitrogens with zero attached hydrogens (tertiary/aromatic N) is 3. The Hall–Kier alpha value is -4.86. The number of hydrogen-bond acceptors (Lipinski definition) is 7. The molecule has 0 saturated carbocycles. The van der Waals surface area contributed by atoms with Crippen LogP contribution in [0.5, 0.6) is 11.5 Å². The van der Waals surface area contributed by atoms with Gasteiger partial charge in [0.2, 0.25) is 0 Å². The lowest BCUT2D eigenvalue weighted by atomic mass is 10.1. The van der Waals surface area contributed by atoms with Crippen molar-refractivity contribution < 1.29 is 19.2 Å². The molecule has 0 fully saturated rings. The molecule has 1 N–H and O–H groups in total. The molecule has 0 aliphatic heterocycles. The number of nitriles is 2. The average molecular weight is 503 g/mol. The van der Waals surface area contributed by atoms with E-state index < -0.39 is 10.8 Å². The van der Waals surface area contributed by atoms with Gasteiger partial charge in [-0.2, -0.15) is 10.5 Å². The molecule has 0 atom stereocenters. The predicted octanol–water partition coefficient (Wildman–Crippen LogP) is 5.64. The molecule has 0 aromatic heterocycles. The second-order valence-corrected chi connectivity index (χ2v) is 7.66. The number of nitrogens with one attached hydrogen (secondary N) is 1. The number of benzene rings is 3. The molecule has 0 spiro atoms. The predicted molar refractivity (Wildman–Crippen MR) is 133 cm³/mol. The normalized spacial score (nSPS) is 10.6. The van der Waals surface area contributed by atoms with Crippen LogP contribution in [0, 0.1) is 32.8 Å². The summed E-state index contributed by atoms with van der Waals surface area (Å²) >= 11 is 6.45. The fraction of sp³-hybridized carbons (Fsp3) is 0.115. The molecule has 3 rings (SSSR count). The Morgan fingerprint density at radius 2 is 1.92 bits per heavy atom. The Morgan fingerprint density at radius 1 is 1.14 bits per heavy atom. The summed E-state index contributed by atoms with van der Waals surface area (Å²) in [4.78, 5) is 23.0. The molecule has 3 aromatic rings. The van der Waals surface area contributed by atoms with Crippen LogP contribution < -0.4 is 14.8 Å². The van der Waals surface area contributed by atoms with Crippen molar-refractivity contribution in [2.75, 3.05) is 11.9 Å². The van der Waals surface area contributed by atoms with E-state index in [0.717, 1.165) is 0 Å². The molecule has 0 bridgehead atoms. The number of hydrogen-bond donors (Lipinski definition) is 1. The van der Waals surface area contributed by atoms with Crippen LogP contribution >= 0.6 is 11.6 Å². The van der Waals surface area contributed by atoms with Crippen molar-refractivity contribution in [1.29, 1.82) is 10.5 Å². The van der Waals surface area contributed by atoms with Gasteiger partial charge in [0.25, 0.3) is 11.6 Å². The van der Waals surface area contributed by atoms with Gasteiger partial charge in [0.15, 0.2) is 11.5 Å². The molecule has 0 heterocycles. The van der Waals surface area contributed by atoms with E-state index in [1.165, 1.54) is 36.4 Å². The van der Waals surface area contributed by atoms with E-state index in [2.05, 4.69) is 11.4 Å². The maximum atomic E-state index is 12.6. The summed E-state index contributed by atoms with van der Waals surface area (Å²) in [6, 6.07) is 19.4. The first-order valence-electron chi connectivity index (χ1n) is 10.6. The number of ether oxygens (including phenoxy) is 2. The third-order valence-electron chi connectivity index (χ3n) is 4.83. The number of rotatable bonds is 9. The van der Waals surface area contributed by atoms with E-state index in [4.69, 9.17) is 21.1 Å². The Bertz CT molecular complexity index is 1420. The maximum absolute atomic E-state index is 12.6. The van der Waals surface area contributed by atoms with Crippen molar-refractivity contribution in [3.8, 4) is 23.6 Å². The number of halogens is 1. The molecule has 180 valence electrons. The van der Waals surface area contributed by atoms with Gasteiger partial charge in [-0.15, -0.1) is 0 Å². The minimum Gasteiger partial charge on any atom is -0.490 e. The zero-order valence-corrected chi connectivity index (χ0v) is 19.8. The lowest BCUT2D eigenvalue weighted by Gasteiger charge is -2.15. The second-order valence-electron chi connectivity index (χ2n) is 7.25. The Balaban J connectivity index is 1.86. The molecule has 3 aromatic carbocycles. The third kappa shape index (κ3) is 6.38. The lowest BCUT2D eigenvalue weighted by molar-refractivity contribution is -0.384. The van der Waals surface area contributed by atoms with Gasteiger partial charge in [-0.25, -0.2) is 0 Å². The molecule has 9 nitrogen and oxygen atoms in total. The number of carbonyl (C=O) groups is 1. The standard InChI is InChI=1S/C26H19ClN4O5/c1-2-35-24-12-17(11-23(27)25(24)36-16-19-7-4-3-6-18(19)14-28)10-20(15-29)26(32)30-21-8-5-9-22(13-21)31(33)34/h3-13H,2,16H2,1H3,(H,30,32)/b20-10+. The van der Waals surface area contributed by atoms with Crippen LogP contribution in [0.1, 0.15) is 23.6 Å². The van der Waals surface area contributed by atoms with Crippen molar-refractivity contribution in [1.82, 2.24) is 0 Å². The Kier molecular flexibility index (Phi) is 8.60. The van der Waals surface area contributed by atoms with Crippen LogP contribution in [0.25, 0.3) is 6.08 Å². The van der Waals surface area contributed by atoms with Gasteiger partial charge in [-0.1, -0.05) is 35.9 Å². The van der Waals surface area contributed by atoms with Crippen molar-refractivity contribution in [3.05, 3.63) is 98.1 Å². The van der Waals surface area contributed by atoms with Crippen LogP contribution in [-0.4, -0.2) is 17.4 Å². The van der Waals surface area contributed by atoms with E-state index in [-0.39, 0.29) is 34.3 Å². The number of amides is 1. The second kappa shape index (κ2) is 12.0. The number of anilines is 1. The van der Waals surface area contributed by atoms with E-state index in [0.29, 0.717) is 29.0 Å². The fourth-order valence-electron chi connectivity index (χ4n) is 3.19. The molecule has 1 amide bonds. The summed E-state index contributed by atoms with van der Waals surface area (Å²) in [5, 5.41) is 32.4. The van der Waals surface area contributed by atoms with Gasteiger partial charge in [0, 0.05) is 23.4 Å². The van der Waals surface area contributed by atoms with E-state index in [1.807, 2.05) is 6.07 Å². The zero-order valence-electron chi connectivity index (χ0n) is 19.0. The summed E-state index contributed by atoms with van der Waals surface area (Å²) in [6.45, 7) is 2.15. The van der Waals surface area contributed by atoms with Crippen LogP contribution in [0.2, 0.25) is 5.02 Å². The minimum absolute atomic E-state index is 0.0772. The highest BCUT2D eigenvalue weighted by atomic mass is 35.5. The molecule has 0 saturated heterocycles. The number of nitro benzene ring substituents is 1. The Labute approximate surface area is 211 Å². The summed E-state index contributed by atoms with van der Waals surface area (Å²) in [5.74, 6) is -0.203. The van der Waals surface area contributed by atoms with Gasteiger partial charge in [-0.3, -0.25) is 14.9 Å². The smallest absolute Gasteiger partial charge is 0.271 e. The summed E-state index contributed by atoms with van der Waals surface area (Å²) in [5.41, 5.74) is 1.27. The van der Waals surface area contributed by atoms with Gasteiger partial charge >= 0.3 is 0 Å². The van der Waals surface area contributed by atoms with Gasteiger partial charge < -0.3 is 14.8 Å². The summed E-state index contributed by atoms with van der Waals surface area (Å²) < 4.78 is 11.5. The largest absolute Gasteiger partial charge is 0.490 e. The average Bonchev–Trinajstić information content (AvgIpc) is 2.87. The van der Waals surface area contributed by atoms with Crippen molar-refractivity contribution in [3.63, 3.8) is 0 Å². The SMILES string of the molecule is CCOc1cc(/C=C(\C#N)C(=O)Nc2cccc([N+](=O)[O-])c2)cc(Cl)c1OCc1ccccc1C#N. The molecule has 0 aliphatic rings.